The van der Waals surface area contributed by atoms with Gasteiger partial charge in [-0.05, 0) is 62.3 Å². The van der Waals surface area contributed by atoms with Crippen LogP contribution in [0.25, 0.3) is 10.9 Å². The maximum Gasteiger partial charge on any atom is 0.356 e. The van der Waals surface area contributed by atoms with Gasteiger partial charge < -0.3 is 9.47 Å². The zero-order valence-corrected chi connectivity index (χ0v) is 15.6. The summed E-state index contributed by atoms with van der Waals surface area (Å²) in [5.41, 5.74) is 1.81. The van der Waals surface area contributed by atoms with Crippen LogP contribution in [0.15, 0.2) is 24.3 Å². The first-order chi connectivity index (χ1) is 12.5. The van der Waals surface area contributed by atoms with Gasteiger partial charge in [-0.1, -0.05) is 6.07 Å². The molecule has 2 fully saturated rings. The van der Waals surface area contributed by atoms with E-state index < -0.39 is 21.2 Å². The quantitative estimate of drug-likeness (QED) is 0.749. The van der Waals surface area contributed by atoms with Crippen LogP contribution in [0.1, 0.15) is 54.6 Å². The first-order valence-corrected chi connectivity index (χ1v) is 10.7. The van der Waals surface area contributed by atoms with E-state index in [1.807, 2.05) is 18.2 Å². The minimum atomic E-state index is -3.58. The molecule has 2 heterocycles. The molecule has 0 unspecified atom stereocenters. The van der Waals surface area contributed by atoms with Gasteiger partial charge in [-0.15, -0.1) is 0 Å². The van der Waals surface area contributed by atoms with Crippen molar-refractivity contribution in [2.75, 3.05) is 19.8 Å². The van der Waals surface area contributed by atoms with Crippen LogP contribution in [0.5, 0.6) is 0 Å². The van der Waals surface area contributed by atoms with Gasteiger partial charge in [-0.2, -0.15) is 0 Å². The number of fused-ring (bicyclic) bond motifs is 1. The lowest BCUT2D eigenvalue weighted by atomic mass is 9.91. The van der Waals surface area contributed by atoms with E-state index in [0.29, 0.717) is 24.3 Å². The summed E-state index contributed by atoms with van der Waals surface area (Å²) in [6.07, 6.45) is 3.20. The Balaban J connectivity index is 1.83. The predicted molar refractivity (Wildman–Crippen MR) is 98.0 cm³/mol. The van der Waals surface area contributed by atoms with Crippen molar-refractivity contribution in [3.8, 4) is 0 Å². The lowest BCUT2D eigenvalue weighted by Gasteiger charge is -2.22. The largest absolute Gasteiger partial charge is 0.461 e. The van der Waals surface area contributed by atoms with Gasteiger partial charge in [0.1, 0.15) is 5.69 Å². The third-order valence-electron chi connectivity index (χ3n) is 5.16. The maximum absolute atomic E-state index is 12.9. The average Bonchev–Trinajstić information content (AvgIpc) is 3.43. The van der Waals surface area contributed by atoms with Crippen molar-refractivity contribution >= 4 is 26.9 Å². The molecule has 0 atom stereocenters. The number of hydrogen-bond acceptors (Lipinski definition) is 5. The fraction of sp³-hybridized carbons (Fsp3) is 0.526. The van der Waals surface area contributed by atoms with E-state index in [4.69, 9.17) is 9.47 Å². The molecule has 1 saturated heterocycles. The summed E-state index contributed by atoms with van der Waals surface area (Å²) in [4.78, 5) is 12.4. The van der Waals surface area contributed by atoms with Crippen LogP contribution in [0.2, 0.25) is 0 Å². The summed E-state index contributed by atoms with van der Waals surface area (Å²) in [7, 11) is -3.58. The topological polar surface area (TPSA) is 74.6 Å². The van der Waals surface area contributed by atoms with E-state index in [2.05, 4.69) is 0 Å². The fourth-order valence-corrected chi connectivity index (χ4v) is 5.50. The summed E-state index contributed by atoms with van der Waals surface area (Å²) >= 11 is 0. The van der Waals surface area contributed by atoms with E-state index in [1.165, 1.54) is 3.97 Å². The minimum Gasteiger partial charge on any atom is -0.461 e. The Hall–Kier alpha value is -1.86. The maximum atomic E-state index is 12.9. The van der Waals surface area contributed by atoms with Crippen molar-refractivity contribution in [2.24, 2.45) is 0 Å². The van der Waals surface area contributed by atoms with Crippen LogP contribution in [-0.4, -0.2) is 43.4 Å². The standard InChI is InChI=1S/C19H23NO5S/c1-2-25-19(21)18-12-15-11-14(13-7-9-24-10-8-13)3-6-17(15)20(18)26(22,23)16-4-5-16/h3,6,11-13,16H,2,4-5,7-10H2,1H3. The summed E-state index contributed by atoms with van der Waals surface area (Å²) in [6.45, 7) is 3.41. The van der Waals surface area contributed by atoms with Crippen LogP contribution in [0.3, 0.4) is 0 Å². The molecule has 1 aliphatic carbocycles. The molecule has 2 aromatic rings. The third-order valence-corrected chi connectivity index (χ3v) is 7.38. The highest BCUT2D eigenvalue weighted by Gasteiger charge is 2.40. The smallest absolute Gasteiger partial charge is 0.356 e. The van der Waals surface area contributed by atoms with Crippen molar-refractivity contribution in [3.63, 3.8) is 0 Å². The summed E-state index contributed by atoms with van der Waals surface area (Å²) in [5.74, 6) is -0.192. The number of rotatable bonds is 5. The molecule has 1 aromatic heterocycles. The number of hydrogen-bond donors (Lipinski definition) is 0. The van der Waals surface area contributed by atoms with E-state index in [9.17, 15) is 13.2 Å². The third kappa shape index (κ3) is 3.03. The lowest BCUT2D eigenvalue weighted by molar-refractivity contribution is 0.0518. The molecule has 0 N–H and O–H groups in total. The predicted octanol–water partition coefficient (Wildman–Crippen LogP) is 3.05. The number of nitrogens with zero attached hydrogens (tertiary/aromatic N) is 1. The van der Waals surface area contributed by atoms with Crippen LogP contribution < -0.4 is 0 Å². The monoisotopic (exact) mass is 377 g/mol. The Bertz CT molecular complexity index is 936. The zero-order chi connectivity index (χ0) is 18.3. The molecule has 26 heavy (non-hydrogen) atoms. The van der Waals surface area contributed by atoms with Crippen LogP contribution in [0.4, 0.5) is 0 Å². The molecule has 1 aliphatic heterocycles. The minimum absolute atomic E-state index is 0.0953. The van der Waals surface area contributed by atoms with Crippen molar-refractivity contribution in [3.05, 3.63) is 35.5 Å². The first-order valence-electron chi connectivity index (χ1n) is 9.17. The van der Waals surface area contributed by atoms with Crippen LogP contribution in [-0.2, 0) is 19.5 Å². The van der Waals surface area contributed by atoms with Gasteiger partial charge in [0.05, 0.1) is 17.4 Å². The molecule has 6 nitrogen and oxygen atoms in total. The highest BCUT2D eigenvalue weighted by molar-refractivity contribution is 7.91. The van der Waals surface area contributed by atoms with E-state index >= 15 is 0 Å². The number of benzene rings is 1. The van der Waals surface area contributed by atoms with Gasteiger partial charge in [0, 0.05) is 18.6 Å². The molecule has 4 rings (SSSR count). The van der Waals surface area contributed by atoms with Gasteiger partial charge in [0.15, 0.2) is 0 Å². The Morgan fingerprint density at radius 3 is 2.58 bits per heavy atom. The molecule has 0 bridgehead atoms. The molecule has 1 aromatic carbocycles. The first kappa shape index (κ1) is 17.5. The van der Waals surface area contributed by atoms with Crippen molar-refractivity contribution < 1.29 is 22.7 Å². The lowest BCUT2D eigenvalue weighted by Crippen LogP contribution is -2.22. The second kappa shape index (κ2) is 6.70. The molecule has 2 aliphatic rings. The van der Waals surface area contributed by atoms with Crippen molar-refractivity contribution in [2.45, 2.75) is 43.8 Å². The van der Waals surface area contributed by atoms with Gasteiger partial charge in [-0.3, -0.25) is 0 Å². The molecular formula is C19H23NO5S. The Labute approximate surface area is 153 Å². The highest BCUT2D eigenvalue weighted by Crippen LogP contribution is 2.36. The summed E-state index contributed by atoms with van der Waals surface area (Å²) in [5, 5.41) is 0.364. The normalized spacial score (nSPS) is 19.0. The van der Waals surface area contributed by atoms with Crippen molar-refractivity contribution in [1.29, 1.82) is 0 Å². The van der Waals surface area contributed by atoms with Crippen LogP contribution >= 0.6 is 0 Å². The van der Waals surface area contributed by atoms with E-state index in [-0.39, 0.29) is 12.3 Å². The van der Waals surface area contributed by atoms with Gasteiger partial charge in [-0.25, -0.2) is 17.2 Å². The van der Waals surface area contributed by atoms with Gasteiger partial charge >= 0.3 is 5.97 Å². The number of esters is 1. The Morgan fingerprint density at radius 2 is 1.92 bits per heavy atom. The molecule has 140 valence electrons. The molecule has 7 heteroatoms. The van der Waals surface area contributed by atoms with E-state index in [0.717, 1.165) is 37.0 Å². The van der Waals surface area contributed by atoms with Crippen molar-refractivity contribution in [1.82, 2.24) is 3.97 Å². The molecule has 1 saturated carbocycles. The van der Waals surface area contributed by atoms with E-state index in [1.54, 1.807) is 13.0 Å². The molecule has 0 amide bonds. The number of ether oxygens (including phenoxy) is 2. The highest BCUT2D eigenvalue weighted by atomic mass is 32.2. The molecule has 0 radical (unpaired) electrons. The fourth-order valence-electron chi connectivity index (χ4n) is 3.63. The zero-order valence-electron chi connectivity index (χ0n) is 14.8. The summed E-state index contributed by atoms with van der Waals surface area (Å²) < 4.78 is 37.6. The average molecular weight is 377 g/mol. The molecule has 0 spiro atoms. The number of carbonyl (C=O) groups is 1. The Kier molecular flexibility index (Phi) is 4.52. The number of carbonyl (C=O) groups excluding carboxylic acids is 1. The SMILES string of the molecule is CCOC(=O)c1cc2cc(C3CCOCC3)ccc2n1S(=O)(=O)C1CC1. The summed E-state index contributed by atoms with van der Waals surface area (Å²) in [6, 6.07) is 7.46. The van der Waals surface area contributed by atoms with Gasteiger partial charge in [0.2, 0.25) is 10.0 Å². The second-order valence-corrected chi connectivity index (χ2v) is 9.03. The van der Waals surface area contributed by atoms with Gasteiger partial charge in [0.25, 0.3) is 0 Å². The second-order valence-electron chi connectivity index (χ2n) is 6.96. The molecular weight excluding hydrogens is 354 g/mol. The van der Waals surface area contributed by atoms with Crippen LogP contribution in [0, 0.1) is 0 Å². The number of aromatic nitrogens is 1. The Morgan fingerprint density at radius 1 is 1.19 bits per heavy atom.